The van der Waals surface area contributed by atoms with Gasteiger partial charge in [-0.25, -0.2) is 4.68 Å². The maximum atomic E-state index is 9.55. The molecule has 0 unspecified atom stereocenters. The van der Waals surface area contributed by atoms with Crippen LogP contribution in [0, 0.1) is 18.3 Å². The summed E-state index contributed by atoms with van der Waals surface area (Å²) in [6.45, 7) is 2.13. The Labute approximate surface area is 150 Å². The monoisotopic (exact) mass is 341 g/mol. The van der Waals surface area contributed by atoms with Crippen LogP contribution in [0.4, 0.5) is 0 Å². The predicted octanol–water partition coefficient (Wildman–Crippen LogP) is 2.75. The molecule has 126 valence electrons. The highest BCUT2D eigenvalue weighted by molar-refractivity contribution is 5.53. The minimum atomic E-state index is 0.304. The van der Waals surface area contributed by atoms with Crippen molar-refractivity contribution in [3.63, 3.8) is 0 Å². The van der Waals surface area contributed by atoms with E-state index in [0.29, 0.717) is 23.6 Å². The minimum absolute atomic E-state index is 0.304. The molecule has 0 N–H and O–H groups in total. The molecule has 7 nitrogen and oxygen atoms in total. The van der Waals surface area contributed by atoms with Crippen LogP contribution in [0.3, 0.4) is 0 Å². The fraction of sp³-hybridized carbons (Fsp3) is 0.105. The highest BCUT2D eigenvalue weighted by atomic mass is 15.6. The number of aromatic nitrogens is 6. The molecule has 0 aliphatic carbocycles. The second-order valence-corrected chi connectivity index (χ2v) is 5.78. The van der Waals surface area contributed by atoms with Gasteiger partial charge in [-0.1, -0.05) is 48.5 Å². The van der Waals surface area contributed by atoms with Crippen molar-refractivity contribution in [2.45, 2.75) is 13.5 Å². The van der Waals surface area contributed by atoms with Crippen molar-refractivity contribution in [3.8, 4) is 23.1 Å². The molecule has 0 bridgehead atoms. The van der Waals surface area contributed by atoms with E-state index >= 15 is 0 Å². The Kier molecular flexibility index (Phi) is 4.00. The zero-order valence-corrected chi connectivity index (χ0v) is 14.1. The number of nitriles is 1. The van der Waals surface area contributed by atoms with E-state index in [0.717, 1.165) is 16.9 Å². The molecule has 0 saturated heterocycles. The molecule has 0 aliphatic rings. The second-order valence-electron chi connectivity index (χ2n) is 5.78. The molecule has 0 radical (unpaired) electrons. The summed E-state index contributed by atoms with van der Waals surface area (Å²) in [6.07, 6.45) is 0. The highest BCUT2D eigenvalue weighted by Crippen LogP contribution is 2.19. The largest absolute Gasteiger partial charge is 0.234 e. The molecule has 2 aromatic carbocycles. The molecule has 0 saturated carbocycles. The van der Waals surface area contributed by atoms with Crippen molar-refractivity contribution >= 4 is 0 Å². The van der Waals surface area contributed by atoms with Crippen LogP contribution in [-0.4, -0.2) is 30.0 Å². The van der Waals surface area contributed by atoms with Gasteiger partial charge < -0.3 is 0 Å². The number of nitrogens with zero attached hydrogens (tertiary/aromatic N) is 7. The summed E-state index contributed by atoms with van der Waals surface area (Å²) >= 11 is 0. The summed E-state index contributed by atoms with van der Waals surface area (Å²) < 4.78 is 1.76. The van der Waals surface area contributed by atoms with Gasteiger partial charge >= 0.3 is 0 Å². The van der Waals surface area contributed by atoms with E-state index in [1.54, 1.807) is 4.68 Å². The highest BCUT2D eigenvalue weighted by Gasteiger charge is 2.18. The maximum Gasteiger partial charge on any atom is 0.204 e. The van der Waals surface area contributed by atoms with Gasteiger partial charge in [-0.2, -0.15) is 15.2 Å². The van der Waals surface area contributed by atoms with Crippen molar-refractivity contribution in [2.75, 3.05) is 0 Å². The molecule has 0 atom stereocenters. The molecule has 4 rings (SSSR count). The molecule has 2 aromatic heterocycles. The molecular formula is C19H15N7. The third-order valence-electron chi connectivity index (χ3n) is 4.04. The van der Waals surface area contributed by atoms with Gasteiger partial charge in [0, 0.05) is 5.56 Å². The Balaban J connectivity index is 1.73. The van der Waals surface area contributed by atoms with Gasteiger partial charge in [0.05, 0.1) is 22.6 Å². The lowest BCUT2D eigenvalue weighted by Gasteiger charge is -2.07. The van der Waals surface area contributed by atoms with Gasteiger partial charge in [0.2, 0.25) is 5.82 Å². The lowest BCUT2D eigenvalue weighted by Crippen LogP contribution is -2.11. The van der Waals surface area contributed by atoms with E-state index in [-0.39, 0.29) is 0 Å². The van der Waals surface area contributed by atoms with Crippen LogP contribution in [-0.2, 0) is 6.54 Å². The smallest absolute Gasteiger partial charge is 0.204 e. The van der Waals surface area contributed by atoms with Crippen LogP contribution >= 0.6 is 0 Å². The van der Waals surface area contributed by atoms with Crippen LogP contribution in [0.25, 0.3) is 17.1 Å². The number of tetrazole rings is 1. The molecule has 0 spiro atoms. The SMILES string of the molecule is Cc1nn(-c2ccccc2)c(Cn2nnc(-c3ccccc3)n2)c1C#N. The van der Waals surface area contributed by atoms with Crippen LogP contribution in [0.15, 0.2) is 60.7 Å². The summed E-state index contributed by atoms with van der Waals surface area (Å²) in [7, 11) is 0. The molecule has 7 heteroatoms. The molecule has 0 fully saturated rings. The maximum absolute atomic E-state index is 9.55. The first-order chi connectivity index (χ1) is 12.8. The number of para-hydroxylation sites is 1. The van der Waals surface area contributed by atoms with E-state index in [1.165, 1.54) is 4.80 Å². The van der Waals surface area contributed by atoms with Gasteiger partial charge in [-0.05, 0) is 24.3 Å². The standard InChI is InChI=1S/C19H15N7/c1-14-17(12-20)18(26(22-14)16-10-6-3-7-11-16)13-25-23-19(21-24-25)15-8-4-2-5-9-15/h2-11H,13H2,1H3. The fourth-order valence-electron chi connectivity index (χ4n) is 2.80. The summed E-state index contributed by atoms with van der Waals surface area (Å²) in [5.41, 5.74) is 3.72. The number of rotatable bonds is 4. The Morgan fingerprint density at radius 2 is 1.65 bits per heavy atom. The summed E-state index contributed by atoms with van der Waals surface area (Å²) in [5, 5.41) is 26.8. The van der Waals surface area contributed by atoms with Crippen LogP contribution < -0.4 is 0 Å². The topological polar surface area (TPSA) is 85.2 Å². The van der Waals surface area contributed by atoms with Crippen molar-refractivity contribution in [3.05, 3.63) is 77.6 Å². The van der Waals surface area contributed by atoms with Crippen LogP contribution in [0.2, 0.25) is 0 Å². The van der Waals surface area contributed by atoms with Crippen molar-refractivity contribution in [1.29, 1.82) is 5.26 Å². The number of hydrogen-bond acceptors (Lipinski definition) is 5. The quantitative estimate of drug-likeness (QED) is 0.570. The lowest BCUT2D eigenvalue weighted by molar-refractivity contribution is 0.552. The number of aryl methyl sites for hydroxylation is 1. The molecular weight excluding hydrogens is 326 g/mol. The Bertz CT molecular complexity index is 1070. The molecule has 26 heavy (non-hydrogen) atoms. The van der Waals surface area contributed by atoms with E-state index in [1.807, 2.05) is 67.6 Å². The average Bonchev–Trinajstić information content (AvgIpc) is 3.28. The normalized spacial score (nSPS) is 10.6. The first kappa shape index (κ1) is 15.7. The van der Waals surface area contributed by atoms with Gasteiger partial charge in [-0.15, -0.1) is 10.2 Å². The Hall–Kier alpha value is -3.79. The average molecular weight is 341 g/mol. The third-order valence-corrected chi connectivity index (χ3v) is 4.04. The van der Waals surface area contributed by atoms with E-state index in [4.69, 9.17) is 0 Å². The van der Waals surface area contributed by atoms with E-state index in [2.05, 4.69) is 26.6 Å². The number of hydrogen-bond donors (Lipinski definition) is 0. The third kappa shape index (κ3) is 2.84. The van der Waals surface area contributed by atoms with Gasteiger partial charge in [0.15, 0.2) is 0 Å². The zero-order chi connectivity index (χ0) is 17.9. The van der Waals surface area contributed by atoms with E-state index in [9.17, 15) is 5.26 Å². The van der Waals surface area contributed by atoms with Crippen molar-refractivity contribution < 1.29 is 0 Å². The zero-order valence-electron chi connectivity index (χ0n) is 14.1. The van der Waals surface area contributed by atoms with Gasteiger partial charge in [0.25, 0.3) is 0 Å². The van der Waals surface area contributed by atoms with Crippen LogP contribution in [0.1, 0.15) is 17.0 Å². The Morgan fingerprint density at radius 3 is 2.35 bits per heavy atom. The lowest BCUT2D eigenvalue weighted by atomic mass is 10.2. The fourth-order valence-corrected chi connectivity index (χ4v) is 2.80. The summed E-state index contributed by atoms with van der Waals surface area (Å²) in [5.74, 6) is 0.548. The van der Waals surface area contributed by atoms with Crippen molar-refractivity contribution in [1.82, 2.24) is 30.0 Å². The molecule has 0 amide bonds. The van der Waals surface area contributed by atoms with Gasteiger partial charge in [-0.3, -0.25) is 0 Å². The van der Waals surface area contributed by atoms with Crippen LogP contribution in [0.5, 0.6) is 0 Å². The molecule has 2 heterocycles. The molecule has 4 aromatic rings. The second kappa shape index (κ2) is 6.61. The first-order valence-corrected chi connectivity index (χ1v) is 8.13. The summed E-state index contributed by atoms with van der Waals surface area (Å²) in [6, 6.07) is 21.6. The predicted molar refractivity (Wildman–Crippen MR) is 95.4 cm³/mol. The van der Waals surface area contributed by atoms with Crippen molar-refractivity contribution in [2.24, 2.45) is 0 Å². The minimum Gasteiger partial charge on any atom is -0.234 e. The first-order valence-electron chi connectivity index (χ1n) is 8.13. The number of benzene rings is 2. The Morgan fingerprint density at radius 1 is 0.962 bits per heavy atom. The van der Waals surface area contributed by atoms with Gasteiger partial charge in [0.1, 0.15) is 12.6 Å². The van der Waals surface area contributed by atoms with E-state index < -0.39 is 0 Å². The molecule has 0 aliphatic heterocycles. The summed E-state index contributed by atoms with van der Waals surface area (Å²) in [4.78, 5) is 1.49.